The van der Waals surface area contributed by atoms with E-state index in [1.807, 2.05) is 12.1 Å². The van der Waals surface area contributed by atoms with Crippen LogP contribution in [0.5, 0.6) is 5.75 Å². The van der Waals surface area contributed by atoms with Crippen LogP contribution in [-0.4, -0.2) is 32.9 Å². The number of piperidine rings is 1. The normalized spacial score (nSPS) is 19.7. The van der Waals surface area contributed by atoms with Crippen LogP contribution in [0.4, 0.5) is 0 Å². The van der Waals surface area contributed by atoms with Crippen molar-refractivity contribution in [1.29, 1.82) is 0 Å². The van der Waals surface area contributed by atoms with Gasteiger partial charge in [0, 0.05) is 6.04 Å². The summed E-state index contributed by atoms with van der Waals surface area (Å²) >= 11 is 0. The third kappa shape index (κ3) is 4.31. The van der Waals surface area contributed by atoms with Crippen LogP contribution in [0.15, 0.2) is 24.3 Å². The minimum atomic E-state index is 0.564. The molecule has 1 fully saturated rings. The molecule has 18 heavy (non-hydrogen) atoms. The van der Waals surface area contributed by atoms with E-state index in [9.17, 15) is 0 Å². The van der Waals surface area contributed by atoms with Crippen LogP contribution < -0.4 is 10.1 Å². The van der Waals surface area contributed by atoms with E-state index in [1.54, 1.807) is 7.11 Å². The smallest absolute Gasteiger partial charge is 0.118 e. The van der Waals surface area contributed by atoms with Crippen LogP contribution in [-0.2, 0) is 11.2 Å². The van der Waals surface area contributed by atoms with E-state index in [-0.39, 0.29) is 0 Å². The highest BCUT2D eigenvalue weighted by Crippen LogP contribution is 2.12. The maximum atomic E-state index is 5.74. The summed E-state index contributed by atoms with van der Waals surface area (Å²) in [6.45, 7) is 2.78. The molecule has 1 aliphatic rings. The number of hydrogen-bond acceptors (Lipinski definition) is 3. The van der Waals surface area contributed by atoms with E-state index in [0.717, 1.165) is 31.9 Å². The summed E-state index contributed by atoms with van der Waals surface area (Å²) in [4.78, 5) is 0. The molecule has 0 saturated carbocycles. The van der Waals surface area contributed by atoms with E-state index in [4.69, 9.17) is 9.47 Å². The van der Waals surface area contributed by atoms with Gasteiger partial charge in [0.25, 0.3) is 0 Å². The molecule has 3 nitrogen and oxygen atoms in total. The Labute approximate surface area is 109 Å². The molecule has 1 unspecified atom stereocenters. The molecule has 1 aliphatic heterocycles. The quantitative estimate of drug-likeness (QED) is 0.785. The topological polar surface area (TPSA) is 30.5 Å². The van der Waals surface area contributed by atoms with Crippen molar-refractivity contribution < 1.29 is 9.47 Å². The highest BCUT2D eigenvalue weighted by molar-refractivity contribution is 5.27. The van der Waals surface area contributed by atoms with Crippen LogP contribution in [0.1, 0.15) is 24.8 Å². The molecule has 3 heteroatoms. The number of nitrogens with one attached hydrogen (secondary N) is 1. The van der Waals surface area contributed by atoms with Gasteiger partial charge in [-0.2, -0.15) is 0 Å². The third-order valence-electron chi connectivity index (χ3n) is 3.43. The van der Waals surface area contributed by atoms with Crippen molar-refractivity contribution in [3.8, 4) is 5.75 Å². The maximum Gasteiger partial charge on any atom is 0.118 e. The fraction of sp³-hybridized carbons (Fsp3) is 0.600. The lowest BCUT2D eigenvalue weighted by molar-refractivity contribution is 0.105. The molecule has 2 rings (SSSR count). The van der Waals surface area contributed by atoms with Gasteiger partial charge < -0.3 is 14.8 Å². The molecule has 0 bridgehead atoms. The number of hydrogen-bond donors (Lipinski definition) is 1. The van der Waals surface area contributed by atoms with Crippen LogP contribution in [0, 0.1) is 0 Å². The summed E-state index contributed by atoms with van der Waals surface area (Å²) in [5.74, 6) is 0.908. The first-order valence-corrected chi connectivity index (χ1v) is 6.82. The monoisotopic (exact) mass is 249 g/mol. The Kier molecular flexibility index (Phi) is 5.49. The van der Waals surface area contributed by atoms with Crippen LogP contribution >= 0.6 is 0 Å². The zero-order valence-corrected chi connectivity index (χ0v) is 11.2. The molecule has 1 heterocycles. The summed E-state index contributed by atoms with van der Waals surface area (Å²) in [7, 11) is 1.69. The van der Waals surface area contributed by atoms with Gasteiger partial charge in [0.1, 0.15) is 5.75 Å². The first kappa shape index (κ1) is 13.4. The summed E-state index contributed by atoms with van der Waals surface area (Å²) in [6.07, 6.45) is 4.86. The molecule has 0 spiro atoms. The molecule has 1 saturated heterocycles. The zero-order chi connectivity index (χ0) is 12.6. The average Bonchev–Trinajstić information content (AvgIpc) is 2.45. The van der Waals surface area contributed by atoms with Crippen molar-refractivity contribution in [2.24, 2.45) is 0 Å². The van der Waals surface area contributed by atoms with Crippen molar-refractivity contribution in [2.45, 2.75) is 31.7 Å². The third-order valence-corrected chi connectivity index (χ3v) is 3.43. The highest BCUT2D eigenvalue weighted by Gasteiger charge is 2.11. The Morgan fingerprint density at radius 2 is 2.06 bits per heavy atom. The van der Waals surface area contributed by atoms with E-state index in [2.05, 4.69) is 17.4 Å². The lowest BCUT2D eigenvalue weighted by atomic mass is 10.1. The molecule has 0 aliphatic carbocycles. The van der Waals surface area contributed by atoms with Crippen molar-refractivity contribution in [3.63, 3.8) is 0 Å². The molecule has 1 aromatic rings. The molecule has 100 valence electrons. The minimum absolute atomic E-state index is 0.564. The molecule has 1 N–H and O–H groups in total. The predicted octanol–water partition coefficient (Wildman–Crippen LogP) is 2.40. The first-order valence-electron chi connectivity index (χ1n) is 6.82. The van der Waals surface area contributed by atoms with Crippen LogP contribution in [0.3, 0.4) is 0 Å². The largest absolute Gasteiger partial charge is 0.497 e. The van der Waals surface area contributed by atoms with Crippen molar-refractivity contribution >= 4 is 0 Å². The molecule has 0 amide bonds. The van der Waals surface area contributed by atoms with Crippen molar-refractivity contribution in [2.75, 3.05) is 26.9 Å². The Bertz CT molecular complexity index is 331. The Morgan fingerprint density at radius 3 is 2.72 bits per heavy atom. The summed E-state index contributed by atoms with van der Waals surface area (Å²) in [5, 5.41) is 3.49. The standard InChI is InChI=1S/C15H23NO2/c1-17-15-7-5-13(6-8-15)9-11-18-12-14-4-2-3-10-16-14/h5-8,14,16H,2-4,9-12H2,1H3. The maximum absolute atomic E-state index is 5.74. The van der Waals surface area contributed by atoms with Gasteiger partial charge in [-0.15, -0.1) is 0 Å². The fourth-order valence-electron chi connectivity index (χ4n) is 2.27. The molecular weight excluding hydrogens is 226 g/mol. The highest BCUT2D eigenvalue weighted by atomic mass is 16.5. The van der Waals surface area contributed by atoms with E-state index >= 15 is 0 Å². The first-order chi connectivity index (χ1) is 8.88. The average molecular weight is 249 g/mol. The second-order valence-electron chi connectivity index (χ2n) is 4.82. The summed E-state index contributed by atoms with van der Waals surface area (Å²) in [5.41, 5.74) is 1.30. The summed E-state index contributed by atoms with van der Waals surface area (Å²) in [6, 6.07) is 8.76. The van der Waals surface area contributed by atoms with Gasteiger partial charge >= 0.3 is 0 Å². The van der Waals surface area contributed by atoms with Gasteiger partial charge in [0.15, 0.2) is 0 Å². The lowest BCUT2D eigenvalue weighted by Gasteiger charge is -2.23. The van der Waals surface area contributed by atoms with Crippen molar-refractivity contribution in [1.82, 2.24) is 5.32 Å². The second-order valence-corrected chi connectivity index (χ2v) is 4.82. The molecule has 0 radical (unpaired) electrons. The second kappa shape index (κ2) is 7.39. The van der Waals surface area contributed by atoms with E-state index in [0.29, 0.717) is 6.04 Å². The van der Waals surface area contributed by atoms with Gasteiger partial charge in [-0.3, -0.25) is 0 Å². The lowest BCUT2D eigenvalue weighted by Crippen LogP contribution is -2.37. The van der Waals surface area contributed by atoms with Crippen LogP contribution in [0.2, 0.25) is 0 Å². The predicted molar refractivity (Wildman–Crippen MR) is 73.2 cm³/mol. The number of rotatable bonds is 6. The molecule has 1 aromatic carbocycles. The van der Waals surface area contributed by atoms with Gasteiger partial charge in [-0.05, 0) is 43.5 Å². The zero-order valence-electron chi connectivity index (χ0n) is 11.2. The molecule has 0 aromatic heterocycles. The van der Waals surface area contributed by atoms with Gasteiger partial charge in [0.05, 0.1) is 20.3 Å². The number of ether oxygens (including phenoxy) is 2. The van der Waals surface area contributed by atoms with Gasteiger partial charge in [-0.25, -0.2) is 0 Å². The van der Waals surface area contributed by atoms with E-state index in [1.165, 1.54) is 24.8 Å². The SMILES string of the molecule is COc1ccc(CCOCC2CCCCN2)cc1. The molecule has 1 atom stereocenters. The fourth-order valence-corrected chi connectivity index (χ4v) is 2.27. The van der Waals surface area contributed by atoms with E-state index < -0.39 is 0 Å². The minimum Gasteiger partial charge on any atom is -0.497 e. The Hall–Kier alpha value is -1.06. The Balaban J connectivity index is 1.62. The van der Waals surface area contributed by atoms with Gasteiger partial charge in [0.2, 0.25) is 0 Å². The summed E-state index contributed by atoms with van der Waals surface area (Å²) < 4.78 is 10.9. The number of methoxy groups -OCH3 is 1. The van der Waals surface area contributed by atoms with Gasteiger partial charge in [-0.1, -0.05) is 18.6 Å². The van der Waals surface area contributed by atoms with Crippen LogP contribution in [0.25, 0.3) is 0 Å². The Morgan fingerprint density at radius 1 is 1.22 bits per heavy atom. The molecular formula is C15H23NO2. The van der Waals surface area contributed by atoms with Crippen molar-refractivity contribution in [3.05, 3.63) is 29.8 Å². The number of benzene rings is 1.